The molecule has 0 saturated carbocycles. The van der Waals surface area contributed by atoms with Crippen LogP contribution in [0.2, 0.25) is 0 Å². The van der Waals surface area contributed by atoms with E-state index in [0.717, 1.165) is 32.2 Å². The SMILES string of the molecule is O=C(O)C(O)C1CC2CCC(C1)N2Cc1ccccc1. The van der Waals surface area contributed by atoms with Gasteiger partial charge in [-0.15, -0.1) is 0 Å². The highest BCUT2D eigenvalue weighted by Crippen LogP contribution is 2.40. The van der Waals surface area contributed by atoms with E-state index in [9.17, 15) is 9.90 Å². The molecule has 108 valence electrons. The molecule has 1 aromatic rings. The molecule has 1 aromatic carbocycles. The van der Waals surface area contributed by atoms with E-state index in [4.69, 9.17) is 5.11 Å². The van der Waals surface area contributed by atoms with Crippen LogP contribution in [0, 0.1) is 5.92 Å². The first-order valence-corrected chi connectivity index (χ1v) is 7.35. The summed E-state index contributed by atoms with van der Waals surface area (Å²) < 4.78 is 0. The molecule has 20 heavy (non-hydrogen) atoms. The number of carboxylic acid groups (broad SMARTS) is 1. The largest absolute Gasteiger partial charge is 0.479 e. The van der Waals surface area contributed by atoms with Gasteiger partial charge in [0.05, 0.1) is 0 Å². The molecular weight excluding hydrogens is 254 g/mol. The van der Waals surface area contributed by atoms with Gasteiger partial charge in [-0.1, -0.05) is 30.3 Å². The van der Waals surface area contributed by atoms with E-state index in [1.807, 2.05) is 6.07 Å². The van der Waals surface area contributed by atoms with Gasteiger partial charge in [0.15, 0.2) is 6.10 Å². The van der Waals surface area contributed by atoms with Crippen molar-refractivity contribution in [3.05, 3.63) is 35.9 Å². The average Bonchev–Trinajstić information content (AvgIpc) is 2.70. The fourth-order valence-electron chi connectivity index (χ4n) is 3.83. The van der Waals surface area contributed by atoms with Crippen LogP contribution in [0.4, 0.5) is 0 Å². The Hall–Kier alpha value is -1.39. The molecule has 2 bridgehead atoms. The van der Waals surface area contributed by atoms with Crippen molar-refractivity contribution in [3.63, 3.8) is 0 Å². The highest BCUT2D eigenvalue weighted by atomic mass is 16.4. The summed E-state index contributed by atoms with van der Waals surface area (Å²) in [6, 6.07) is 11.3. The number of fused-ring (bicyclic) bond motifs is 2. The van der Waals surface area contributed by atoms with Crippen LogP contribution < -0.4 is 0 Å². The Morgan fingerprint density at radius 1 is 1.20 bits per heavy atom. The Bertz CT molecular complexity index is 462. The third kappa shape index (κ3) is 2.58. The lowest BCUT2D eigenvalue weighted by molar-refractivity contribution is -0.151. The summed E-state index contributed by atoms with van der Waals surface area (Å²) in [5, 5.41) is 18.7. The first-order chi connectivity index (χ1) is 9.65. The van der Waals surface area contributed by atoms with Crippen molar-refractivity contribution < 1.29 is 15.0 Å². The van der Waals surface area contributed by atoms with E-state index in [0.29, 0.717) is 12.1 Å². The summed E-state index contributed by atoms with van der Waals surface area (Å²) in [5.74, 6) is -1.16. The van der Waals surface area contributed by atoms with Gasteiger partial charge in [0.25, 0.3) is 0 Å². The molecule has 2 saturated heterocycles. The smallest absolute Gasteiger partial charge is 0.332 e. The number of rotatable bonds is 4. The predicted molar refractivity (Wildman–Crippen MR) is 75.2 cm³/mol. The first kappa shape index (κ1) is 13.6. The fourth-order valence-corrected chi connectivity index (χ4v) is 3.83. The number of carboxylic acids is 1. The van der Waals surface area contributed by atoms with Crippen molar-refractivity contribution >= 4 is 5.97 Å². The molecule has 0 spiro atoms. The van der Waals surface area contributed by atoms with Gasteiger partial charge in [0, 0.05) is 18.6 Å². The average molecular weight is 275 g/mol. The molecule has 0 amide bonds. The maximum atomic E-state index is 10.9. The van der Waals surface area contributed by atoms with Gasteiger partial charge in [-0.05, 0) is 37.2 Å². The number of piperidine rings is 1. The van der Waals surface area contributed by atoms with Gasteiger partial charge in [-0.25, -0.2) is 4.79 Å². The minimum absolute atomic E-state index is 0.0861. The molecule has 0 radical (unpaired) electrons. The van der Waals surface area contributed by atoms with Crippen LogP contribution in [0.15, 0.2) is 30.3 Å². The number of aliphatic carboxylic acids is 1. The molecule has 2 aliphatic heterocycles. The van der Waals surface area contributed by atoms with Gasteiger partial charge in [0.1, 0.15) is 0 Å². The fraction of sp³-hybridized carbons (Fsp3) is 0.562. The van der Waals surface area contributed by atoms with Crippen LogP contribution >= 0.6 is 0 Å². The number of aliphatic hydroxyl groups excluding tert-OH is 1. The first-order valence-electron chi connectivity index (χ1n) is 7.35. The van der Waals surface area contributed by atoms with Crippen molar-refractivity contribution in [2.45, 2.75) is 50.4 Å². The number of aliphatic hydroxyl groups is 1. The molecule has 4 nitrogen and oxygen atoms in total. The van der Waals surface area contributed by atoms with Crippen molar-refractivity contribution in [2.75, 3.05) is 0 Å². The summed E-state index contributed by atoms with van der Waals surface area (Å²) in [5.41, 5.74) is 1.31. The zero-order chi connectivity index (χ0) is 14.1. The Balaban J connectivity index is 1.68. The minimum Gasteiger partial charge on any atom is -0.479 e. The summed E-state index contributed by atoms with van der Waals surface area (Å²) in [6.07, 6.45) is 2.66. The van der Waals surface area contributed by atoms with Crippen LogP contribution in [-0.4, -0.2) is 39.3 Å². The maximum absolute atomic E-state index is 10.9. The Kier molecular flexibility index (Phi) is 3.76. The van der Waals surface area contributed by atoms with E-state index in [1.165, 1.54) is 5.56 Å². The van der Waals surface area contributed by atoms with Crippen molar-refractivity contribution in [1.82, 2.24) is 4.90 Å². The van der Waals surface area contributed by atoms with Gasteiger partial charge in [-0.2, -0.15) is 0 Å². The summed E-state index contributed by atoms with van der Waals surface area (Å²) in [7, 11) is 0. The van der Waals surface area contributed by atoms with Crippen molar-refractivity contribution in [1.29, 1.82) is 0 Å². The summed E-state index contributed by atoms with van der Waals surface area (Å²) in [4.78, 5) is 13.4. The standard InChI is InChI=1S/C16H21NO3/c18-15(16(19)20)12-8-13-6-7-14(9-12)17(13)10-11-4-2-1-3-5-11/h1-5,12-15,18H,6-10H2,(H,19,20). The quantitative estimate of drug-likeness (QED) is 0.880. The zero-order valence-electron chi connectivity index (χ0n) is 11.5. The van der Waals surface area contributed by atoms with E-state index in [2.05, 4.69) is 29.2 Å². The molecule has 2 aliphatic rings. The Labute approximate surface area is 119 Å². The van der Waals surface area contributed by atoms with Crippen LogP contribution in [0.1, 0.15) is 31.2 Å². The second-order valence-corrected chi connectivity index (χ2v) is 6.06. The second kappa shape index (κ2) is 5.54. The third-order valence-corrected chi connectivity index (χ3v) is 4.83. The van der Waals surface area contributed by atoms with E-state index < -0.39 is 12.1 Å². The highest BCUT2D eigenvalue weighted by Gasteiger charge is 2.43. The van der Waals surface area contributed by atoms with Gasteiger partial charge in [0.2, 0.25) is 0 Å². The van der Waals surface area contributed by atoms with Crippen molar-refractivity contribution in [3.8, 4) is 0 Å². The molecule has 2 N–H and O–H groups in total. The van der Waals surface area contributed by atoms with Gasteiger partial charge in [-0.3, -0.25) is 4.90 Å². The lowest BCUT2D eigenvalue weighted by Crippen LogP contribution is -2.46. The molecule has 4 heteroatoms. The predicted octanol–water partition coefficient (Wildman–Crippen LogP) is 1.88. The zero-order valence-corrected chi connectivity index (χ0v) is 11.5. The topological polar surface area (TPSA) is 60.8 Å². The lowest BCUT2D eigenvalue weighted by Gasteiger charge is -2.39. The van der Waals surface area contributed by atoms with E-state index >= 15 is 0 Å². The molecule has 3 unspecified atom stereocenters. The van der Waals surface area contributed by atoms with Crippen LogP contribution in [0.5, 0.6) is 0 Å². The maximum Gasteiger partial charge on any atom is 0.332 e. The van der Waals surface area contributed by atoms with Crippen LogP contribution in [-0.2, 0) is 11.3 Å². The van der Waals surface area contributed by atoms with Crippen molar-refractivity contribution in [2.24, 2.45) is 5.92 Å². The number of nitrogens with zero attached hydrogens (tertiary/aromatic N) is 1. The number of hydrogen-bond acceptors (Lipinski definition) is 3. The van der Waals surface area contributed by atoms with Gasteiger partial charge < -0.3 is 10.2 Å². The molecule has 3 rings (SSSR count). The van der Waals surface area contributed by atoms with Gasteiger partial charge >= 0.3 is 5.97 Å². The molecule has 2 fully saturated rings. The van der Waals surface area contributed by atoms with Crippen LogP contribution in [0.3, 0.4) is 0 Å². The molecular formula is C16H21NO3. The summed E-state index contributed by atoms with van der Waals surface area (Å²) in [6.45, 7) is 0.937. The number of benzene rings is 1. The third-order valence-electron chi connectivity index (χ3n) is 4.83. The monoisotopic (exact) mass is 275 g/mol. The molecule has 0 aliphatic carbocycles. The Morgan fingerprint density at radius 2 is 1.80 bits per heavy atom. The highest BCUT2D eigenvalue weighted by molar-refractivity contribution is 5.72. The lowest BCUT2D eigenvalue weighted by atomic mass is 9.86. The van der Waals surface area contributed by atoms with E-state index in [-0.39, 0.29) is 5.92 Å². The van der Waals surface area contributed by atoms with Crippen LogP contribution in [0.25, 0.3) is 0 Å². The normalized spacial score (nSPS) is 31.1. The molecule has 0 aromatic heterocycles. The number of hydrogen-bond donors (Lipinski definition) is 2. The minimum atomic E-state index is -1.20. The molecule has 3 atom stereocenters. The number of carbonyl (C=O) groups is 1. The molecule has 2 heterocycles. The van der Waals surface area contributed by atoms with E-state index in [1.54, 1.807) is 0 Å². The Morgan fingerprint density at radius 3 is 2.35 bits per heavy atom. The summed E-state index contributed by atoms with van der Waals surface area (Å²) >= 11 is 0. The second-order valence-electron chi connectivity index (χ2n) is 6.06.